The van der Waals surface area contributed by atoms with E-state index in [0.717, 1.165) is 31.4 Å². The fourth-order valence-corrected chi connectivity index (χ4v) is 3.46. The van der Waals surface area contributed by atoms with Gasteiger partial charge in [0.2, 0.25) is 10.0 Å². The van der Waals surface area contributed by atoms with Crippen molar-refractivity contribution < 1.29 is 8.42 Å². The molecule has 0 heterocycles. The third kappa shape index (κ3) is 3.71. The van der Waals surface area contributed by atoms with Gasteiger partial charge in [0.05, 0.1) is 6.26 Å². The minimum atomic E-state index is -3.08. The molecule has 1 aliphatic rings. The summed E-state index contributed by atoms with van der Waals surface area (Å²) in [5.74, 6) is 0.531. The van der Waals surface area contributed by atoms with Crippen molar-refractivity contribution in [3.8, 4) is 0 Å². The predicted molar refractivity (Wildman–Crippen MR) is 73.8 cm³/mol. The van der Waals surface area contributed by atoms with E-state index in [1.165, 1.54) is 11.8 Å². The lowest BCUT2D eigenvalue weighted by atomic mass is 9.82. The van der Waals surface area contributed by atoms with Crippen molar-refractivity contribution in [1.29, 1.82) is 0 Å². The number of nitrogens with one attached hydrogen (secondary N) is 1. The summed E-state index contributed by atoms with van der Waals surface area (Å²) < 4.78 is 25.0. The van der Waals surface area contributed by atoms with Gasteiger partial charge in [-0.3, -0.25) is 0 Å². The first-order chi connectivity index (χ1) is 8.44. The van der Waals surface area contributed by atoms with Gasteiger partial charge in [-0.05, 0) is 49.3 Å². The lowest BCUT2D eigenvalue weighted by Gasteiger charge is -2.28. The van der Waals surface area contributed by atoms with Crippen LogP contribution in [-0.2, 0) is 10.0 Å². The Kier molecular flexibility index (Phi) is 3.92. The van der Waals surface area contributed by atoms with Crippen LogP contribution in [0.3, 0.4) is 0 Å². The van der Waals surface area contributed by atoms with Gasteiger partial charge in [-0.1, -0.05) is 12.1 Å². The molecule has 100 valence electrons. The second kappa shape index (κ2) is 5.28. The zero-order chi connectivity index (χ0) is 13.2. The summed E-state index contributed by atoms with van der Waals surface area (Å²) in [5, 5.41) is 0. The highest BCUT2D eigenvalue weighted by Gasteiger charge is 2.23. The van der Waals surface area contributed by atoms with Crippen LogP contribution in [0.2, 0.25) is 0 Å². The molecule has 1 saturated carbocycles. The zero-order valence-corrected chi connectivity index (χ0v) is 11.4. The molecule has 0 amide bonds. The summed E-state index contributed by atoms with van der Waals surface area (Å²) >= 11 is 0. The van der Waals surface area contributed by atoms with Gasteiger partial charge in [-0.15, -0.1) is 0 Å². The molecule has 0 aliphatic heterocycles. The zero-order valence-electron chi connectivity index (χ0n) is 10.6. The van der Waals surface area contributed by atoms with Gasteiger partial charge in [0, 0.05) is 11.7 Å². The van der Waals surface area contributed by atoms with E-state index < -0.39 is 10.0 Å². The van der Waals surface area contributed by atoms with E-state index in [1.807, 2.05) is 12.1 Å². The average molecular weight is 268 g/mol. The van der Waals surface area contributed by atoms with Crippen molar-refractivity contribution in [3.05, 3.63) is 29.8 Å². The van der Waals surface area contributed by atoms with Crippen molar-refractivity contribution in [2.24, 2.45) is 0 Å². The number of anilines is 1. The topological polar surface area (TPSA) is 72.2 Å². The SMILES string of the molecule is CS(=O)(=O)N[C@H]1CC[C@@H](c2ccc(N)cc2)CC1. The van der Waals surface area contributed by atoms with Crippen LogP contribution in [0.15, 0.2) is 24.3 Å². The van der Waals surface area contributed by atoms with Gasteiger partial charge in [-0.25, -0.2) is 13.1 Å². The normalized spacial score (nSPS) is 24.9. The van der Waals surface area contributed by atoms with E-state index >= 15 is 0 Å². The average Bonchev–Trinajstić information content (AvgIpc) is 2.29. The molecule has 2 rings (SSSR count). The molecular weight excluding hydrogens is 248 g/mol. The van der Waals surface area contributed by atoms with Gasteiger partial charge in [0.1, 0.15) is 0 Å². The van der Waals surface area contributed by atoms with Gasteiger partial charge >= 0.3 is 0 Å². The predicted octanol–water partition coefficient (Wildman–Crippen LogP) is 1.84. The molecule has 0 bridgehead atoms. The van der Waals surface area contributed by atoms with Gasteiger partial charge < -0.3 is 5.73 Å². The molecule has 1 aromatic carbocycles. The van der Waals surface area contributed by atoms with Gasteiger partial charge in [-0.2, -0.15) is 0 Å². The molecular formula is C13H20N2O2S. The van der Waals surface area contributed by atoms with E-state index in [1.54, 1.807) is 0 Å². The molecule has 0 unspecified atom stereocenters. The quantitative estimate of drug-likeness (QED) is 0.822. The van der Waals surface area contributed by atoms with E-state index in [2.05, 4.69) is 16.9 Å². The fraction of sp³-hybridized carbons (Fsp3) is 0.538. The number of hydrogen-bond acceptors (Lipinski definition) is 3. The van der Waals surface area contributed by atoms with Crippen LogP contribution in [0, 0.1) is 0 Å². The first-order valence-electron chi connectivity index (χ1n) is 6.27. The monoisotopic (exact) mass is 268 g/mol. The molecule has 1 aliphatic carbocycles. The van der Waals surface area contributed by atoms with Gasteiger partial charge in [0.25, 0.3) is 0 Å². The van der Waals surface area contributed by atoms with Crippen molar-refractivity contribution in [2.45, 2.75) is 37.6 Å². The van der Waals surface area contributed by atoms with Crippen molar-refractivity contribution in [1.82, 2.24) is 4.72 Å². The maximum atomic E-state index is 11.2. The number of nitrogens with two attached hydrogens (primary N) is 1. The molecule has 0 aromatic heterocycles. The molecule has 3 N–H and O–H groups in total. The van der Waals surface area contributed by atoms with Crippen molar-refractivity contribution in [2.75, 3.05) is 12.0 Å². The van der Waals surface area contributed by atoms with Crippen LogP contribution in [-0.4, -0.2) is 20.7 Å². The summed E-state index contributed by atoms with van der Waals surface area (Å²) in [6.45, 7) is 0. The Bertz CT molecular complexity index is 488. The third-order valence-corrected chi connectivity index (χ3v) is 4.28. The molecule has 0 saturated heterocycles. The first-order valence-corrected chi connectivity index (χ1v) is 8.16. The lowest BCUT2D eigenvalue weighted by molar-refractivity contribution is 0.374. The fourth-order valence-electron chi connectivity index (χ4n) is 2.62. The molecule has 18 heavy (non-hydrogen) atoms. The molecule has 0 atom stereocenters. The van der Waals surface area contributed by atoms with Crippen LogP contribution in [0.25, 0.3) is 0 Å². The highest BCUT2D eigenvalue weighted by atomic mass is 32.2. The molecule has 0 radical (unpaired) electrons. The maximum absolute atomic E-state index is 11.2. The Morgan fingerprint density at radius 3 is 2.17 bits per heavy atom. The summed E-state index contributed by atoms with van der Waals surface area (Å²) in [4.78, 5) is 0. The van der Waals surface area contributed by atoms with Crippen LogP contribution < -0.4 is 10.5 Å². The van der Waals surface area contributed by atoms with E-state index in [9.17, 15) is 8.42 Å². The van der Waals surface area contributed by atoms with E-state index in [4.69, 9.17) is 5.73 Å². The Hall–Kier alpha value is -1.07. The molecule has 1 fully saturated rings. The molecule has 5 heteroatoms. The highest BCUT2D eigenvalue weighted by Crippen LogP contribution is 2.33. The van der Waals surface area contributed by atoms with Crippen LogP contribution in [0.1, 0.15) is 37.2 Å². The van der Waals surface area contributed by atoms with Crippen LogP contribution in [0.4, 0.5) is 5.69 Å². The number of benzene rings is 1. The first kappa shape index (κ1) is 13.4. The second-order valence-corrected chi connectivity index (χ2v) is 6.89. The standard InChI is InChI=1S/C13H20N2O2S/c1-18(16,17)15-13-8-4-11(5-9-13)10-2-6-12(14)7-3-10/h2-3,6-7,11,13,15H,4-5,8-9,14H2,1H3/t11-,13+. The smallest absolute Gasteiger partial charge is 0.208 e. The Morgan fingerprint density at radius 2 is 1.67 bits per heavy atom. The third-order valence-electron chi connectivity index (χ3n) is 3.52. The Morgan fingerprint density at radius 1 is 1.11 bits per heavy atom. The highest BCUT2D eigenvalue weighted by molar-refractivity contribution is 7.88. The largest absolute Gasteiger partial charge is 0.399 e. The second-order valence-electron chi connectivity index (χ2n) is 5.11. The Labute approximate surface area is 109 Å². The van der Waals surface area contributed by atoms with Crippen LogP contribution >= 0.6 is 0 Å². The maximum Gasteiger partial charge on any atom is 0.208 e. The number of rotatable bonds is 3. The summed E-state index contributed by atoms with van der Waals surface area (Å²) in [5.41, 5.74) is 7.76. The molecule has 4 nitrogen and oxygen atoms in total. The van der Waals surface area contributed by atoms with Crippen molar-refractivity contribution >= 4 is 15.7 Å². The van der Waals surface area contributed by atoms with Crippen molar-refractivity contribution in [3.63, 3.8) is 0 Å². The molecule has 1 aromatic rings. The number of hydrogen-bond donors (Lipinski definition) is 2. The summed E-state index contributed by atoms with van der Waals surface area (Å²) in [6, 6.07) is 8.10. The Balaban J connectivity index is 1.92. The lowest BCUT2D eigenvalue weighted by Crippen LogP contribution is -2.36. The van der Waals surface area contributed by atoms with E-state index in [-0.39, 0.29) is 6.04 Å². The molecule has 0 spiro atoms. The summed E-state index contributed by atoms with van der Waals surface area (Å²) in [7, 11) is -3.08. The number of sulfonamides is 1. The number of nitrogen functional groups attached to an aromatic ring is 1. The van der Waals surface area contributed by atoms with E-state index in [0.29, 0.717) is 5.92 Å². The van der Waals surface area contributed by atoms with Gasteiger partial charge in [0.15, 0.2) is 0 Å². The van der Waals surface area contributed by atoms with Crippen LogP contribution in [0.5, 0.6) is 0 Å². The summed E-state index contributed by atoms with van der Waals surface area (Å²) in [6.07, 6.45) is 5.08. The minimum absolute atomic E-state index is 0.102. The minimum Gasteiger partial charge on any atom is -0.399 e.